The van der Waals surface area contributed by atoms with Gasteiger partial charge in [-0.1, -0.05) is 12.8 Å². The summed E-state index contributed by atoms with van der Waals surface area (Å²) in [5.41, 5.74) is 0. The number of ether oxygens (including phenoxy) is 2. The Morgan fingerprint density at radius 2 is 1.76 bits per heavy atom. The summed E-state index contributed by atoms with van der Waals surface area (Å²) in [6.45, 7) is 3.19. The molecule has 134 valence electrons. The van der Waals surface area contributed by atoms with Crippen molar-refractivity contribution in [3.8, 4) is 11.5 Å². The van der Waals surface area contributed by atoms with Gasteiger partial charge in [-0.05, 0) is 37.1 Å². The summed E-state index contributed by atoms with van der Waals surface area (Å²) in [6.07, 6.45) is 6.59. The minimum Gasteiger partial charge on any atom is -0.497 e. The van der Waals surface area contributed by atoms with Crippen molar-refractivity contribution >= 4 is 11.8 Å². The first kappa shape index (κ1) is 17.3. The van der Waals surface area contributed by atoms with Crippen LogP contribution in [0.2, 0.25) is 0 Å². The number of rotatable bonds is 7. The number of hydrogen-bond donors (Lipinski definition) is 1. The maximum Gasteiger partial charge on any atom is 0.247 e. The first-order chi connectivity index (χ1) is 12.3. The van der Waals surface area contributed by atoms with Crippen LogP contribution >= 0.6 is 0 Å². The normalized spacial score (nSPS) is 14.7. The maximum atomic E-state index is 5.70. The lowest BCUT2D eigenvalue weighted by Gasteiger charge is -2.19. The molecule has 1 aliphatic heterocycles. The highest BCUT2D eigenvalue weighted by Crippen LogP contribution is 2.17. The van der Waals surface area contributed by atoms with Crippen LogP contribution in [0.1, 0.15) is 25.7 Å². The molecule has 0 unspecified atom stereocenters. The second kappa shape index (κ2) is 9.05. The van der Waals surface area contributed by atoms with E-state index in [9.17, 15) is 0 Å². The number of benzene rings is 1. The van der Waals surface area contributed by atoms with Gasteiger partial charge in [0.2, 0.25) is 5.95 Å². The molecule has 7 heteroatoms. The Morgan fingerprint density at radius 1 is 1.04 bits per heavy atom. The molecule has 1 aromatic heterocycles. The molecule has 1 aromatic carbocycles. The van der Waals surface area contributed by atoms with Crippen molar-refractivity contribution in [2.75, 3.05) is 43.6 Å². The summed E-state index contributed by atoms with van der Waals surface area (Å²) < 4.78 is 10.8. The van der Waals surface area contributed by atoms with Crippen LogP contribution in [0.3, 0.4) is 0 Å². The molecule has 7 nitrogen and oxygen atoms in total. The Labute approximate surface area is 148 Å². The molecule has 1 aliphatic rings. The summed E-state index contributed by atoms with van der Waals surface area (Å²) in [7, 11) is 1.65. The van der Waals surface area contributed by atoms with E-state index in [0.717, 1.165) is 30.4 Å². The van der Waals surface area contributed by atoms with Crippen molar-refractivity contribution < 1.29 is 9.47 Å². The van der Waals surface area contributed by atoms with Crippen LogP contribution in [0, 0.1) is 0 Å². The molecule has 2 aromatic rings. The monoisotopic (exact) mass is 343 g/mol. The first-order valence-electron chi connectivity index (χ1n) is 8.80. The van der Waals surface area contributed by atoms with Crippen molar-refractivity contribution in [1.29, 1.82) is 0 Å². The molecule has 0 radical (unpaired) electrons. The fourth-order valence-electron chi connectivity index (χ4n) is 2.80. The number of hydrogen-bond acceptors (Lipinski definition) is 7. The van der Waals surface area contributed by atoms with E-state index >= 15 is 0 Å². The van der Waals surface area contributed by atoms with Crippen molar-refractivity contribution in [3.05, 3.63) is 30.5 Å². The zero-order valence-corrected chi connectivity index (χ0v) is 14.6. The number of methoxy groups -OCH3 is 1. The number of nitrogens with zero attached hydrogens (tertiary/aromatic N) is 4. The molecule has 0 atom stereocenters. The Kier molecular flexibility index (Phi) is 6.25. The van der Waals surface area contributed by atoms with Crippen molar-refractivity contribution in [2.24, 2.45) is 0 Å². The van der Waals surface area contributed by atoms with Crippen LogP contribution in [-0.2, 0) is 0 Å². The van der Waals surface area contributed by atoms with Gasteiger partial charge >= 0.3 is 0 Å². The molecule has 1 N–H and O–H groups in total. The summed E-state index contributed by atoms with van der Waals surface area (Å²) in [6, 6.07) is 7.54. The van der Waals surface area contributed by atoms with E-state index in [4.69, 9.17) is 9.47 Å². The van der Waals surface area contributed by atoms with Gasteiger partial charge in [0.1, 0.15) is 18.1 Å². The van der Waals surface area contributed by atoms with Crippen LogP contribution in [0.5, 0.6) is 11.5 Å². The lowest BCUT2D eigenvalue weighted by Crippen LogP contribution is -2.26. The predicted octanol–water partition coefficient (Wildman–Crippen LogP) is 2.75. The average molecular weight is 343 g/mol. The molecule has 0 saturated carbocycles. The van der Waals surface area contributed by atoms with Gasteiger partial charge in [0.25, 0.3) is 0 Å². The third-order valence-corrected chi connectivity index (χ3v) is 4.17. The molecule has 0 bridgehead atoms. The Bertz CT molecular complexity index is 642. The minimum atomic E-state index is 0.537. The highest BCUT2D eigenvalue weighted by molar-refractivity contribution is 5.39. The molecule has 1 saturated heterocycles. The SMILES string of the molecule is COc1ccc(OCCNc2cnnc(N3CCCCCC3)n2)cc1. The average Bonchev–Trinajstić information content (AvgIpc) is 2.95. The molecule has 2 heterocycles. The molecular weight excluding hydrogens is 318 g/mol. The second-order valence-electron chi connectivity index (χ2n) is 5.99. The van der Waals surface area contributed by atoms with Gasteiger partial charge in [0.15, 0.2) is 5.82 Å². The van der Waals surface area contributed by atoms with E-state index in [1.807, 2.05) is 24.3 Å². The summed E-state index contributed by atoms with van der Waals surface area (Å²) in [5, 5.41) is 11.5. The molecule has 0 aliphatic carbocycles. The van der Waals surface area contributed by atoms with E-state index in [1.54, 1.807) is 13.3 Å². The van der Waals surface area contributed by atoms with Crippen LogP contribution in [-0.4, -0.2) is 48.5 Å². The van der Waals surface area contributed by atoms with Gasteiger partial charge in [0, 0.05) is 13.1 Å². The number of aromatic nitrogens is 3. The van der Waals surface area contributed by atoms with Gasteiger partial charge < -0.3 is 19.7 Å². The molecule has 25 heavy (non-hydrogen) atoms. The van der Waals surface area contributed by atoms with Gasteiger partial charge in [-0.15, -0.1) is 5.10 Å². The largest absolute Gasteiger partial charge is 0.497 e. The maximum absolute atomic E-state index is 5.70. The third kappa shape index (κ3) is 5.20. The topological polar surface area (TPSA) is 72.4 Å². The fraction of sp³-hybridized carbons (Fsp3) is 0.500. The minimum absolute atomic E-state index is 0.537. The lowest BCUT2D eigenvalue weighted by atomic mass is 10.2. The molecule has 1 fully saturated rings. The van der Waals surface area contributed by atoms with Gasteiger partial charge in [0.05, 0.1) is 19.9 Å². The molecule has 0 amide bonds. The Balaban J connectivity index is 1.47. The van der Waals surface area contributed by atoms with E-state index in [2.05, 4.69) is 25.4 Å². The Hall–Kier alpha value is -2.57. The second-order valence-corrected chi connectivity index (χ2v) is 5.99. The van der Waals surface area contributed by atoms with E-state index in [-0.39, 0.29) is 0 Å². The fourth-order valence-corrected chi connectivity index (χ4v) is 2.80. The van der Waals surface area contributed by atoms with Gasteiger partial charge in [-0.25, -0.2) is 0 Å². The zero-order valence-electron chi connectivity index (χ0n) is 14.6. The van der Waals surface area contributed by atoms with E-state index in [1.165, 1.54) is 25.7 Å². The van der Waals surface area contributed by atoms with Crippen LogP contribution < -0.4 is 19.7 Å². The van der Waals surface area contributed by atoms with Gasteiger partial charge in [-0.3, -0.25) is 0 Å². The smallest absolute Gasteiger partial charge is 0.247 e. The quantitative estimate of drug-likeness (QED) is 0.775. The summed E-state index contributed by atoms with van der Waals surface area (Å²) in [4.78, 5) is 6.80. The third-order valence-electron chi connectivity index (χ3n) is 4.17. The van der Waals surface area contributed by atoms with Crippen molar-refractivity contribution in [2.45, 2.75) is 25.7 Å². The highest BCUT2D eigenvalue weighted by Gasteiger charge is 2.13. The van der Waals surface area contributed by atoms with E-state index < -0.39 is 0 Å². The zero-order chi connectivity index (χ0) is 17.3. The predicted molar refractivity (Wildman–Crippen MR) is 97.5 cm³/mol. The molecular formula is C18H25N5O2. The lowest BCUT2D eigenvalue weighted by molar-refractivity contribution is 0.331. The number of anilines is 2. The summed E-state index contributed by atoms with van der Waals surface area (Å²) in [5.74, 6) is 3.07. The standard InChI is InChI=1S/C18H25N5O2/c1-24-15-6-8-16(9-7-15)25-13-10-19-17-14-20-22-18(21-17)23-11-4-2-3-5-12-23/h6-9,14H,2-5,10-13H2,1H3,(H,19,21,22). The van der Waals surface area contributed by atoms with Crippen LogP contribution in [0.25, 0.3) is 0 Å². The van der Waals surface area contributed by atoms with Gasteiger partial charge in [-0.2, -0.15) is 10.1 Å². The van der Waals surface area contributed by atoms with Crippen LogP contribution in [0.15, 0.2) is 30.5 Å². The number of nitrogens with one attached hydrogen (secondary N) is 1. The van der Waals surface area contributed by atoms with E-state index in [0.29, 0.717) is 19.1 Å². The molecule has 0 spiro atoms. The highest BCUT2D eigenvalue weighted by atomic mass is 16.5. The van der Waals surface area contributed by atoms with Crippen molar-refractivity contribution in [3.63, 3.8) is 0 Å². The van der Waals surface area contributed by atoms with Crippen LogP contribution in [0.4, 0.5) is 11.8 Å². The molecule has 3 rings (SSSR count). The summed E-state index contributed by atoms with van der Waals surface area (Å²) >= 11 is 0. The first-order valence-corrected chi connectivity index (χ1v) is 8.80. The van der Waals surface area contributed by atoms with Crippen molar-refractivity contribution in [1.82, 2.24) is 15.2 Å². The Morgan fingerprint density at radius 3 is 2.48 bits per heavy atom.